The van der Waals surface area contributed by atoms with Crippen molar-refractivity contribution in [2.45, 2.75) is 0 Å². The van der Waals surface area contributed by atoms with Gasteiger partial charge in [-0.05, 0) is 41.8 Å². The first-order valence-corrected chi connectivity index (χ1v) is 11.4. The highest BCUT2D eigenvalue weighted by atomic mass is 32.1. The molecule has 0 bridgehead atoms. The quantitative estimate of drug-likeness (QED) is 0.309. The fraction of sp³-hybridized carbons (Fsp3) is 0. The molecule has 6 heterocycles. The number of rotatable bonds is 5. The fourth-order valence-corrected chi connectivity index (χ4v) is 4.64. The normalized spacial score (nSPS) is 10.9. The van der Waals surface area contributed by atoms with Gasteiger partial charge in [0.05, 0.1) is 29.5 Å². The third-order valence-electron chi connectivity index (χ3n) is 5.24. The van der Waals surface area contributed by atoms with Gasteiger partial charge in [0.2, 0.25) is 0 Å². The van der Waals surface area contributed by atoms with Crippen molar-refractivity contribution >= 4 is 11.3 Å². The lowest BCUT2D eigenvalue weighted by Crippen LogP contribution is -2.03. The van der Waals surface area contributed by atoms with Crippen LogP contribution < -0.4 is 0 Å². The van der Waals surface area contributed by atoms with Crippen LogP contribution in [0.25, 0.3) is 55.9 Å². The first-order chi connectivity index (χ1) is 16.9. The lowest BCUT2D eigenvalue weighted by Gasteiger charge is -2.19. The summed E-state index contributed by atoms with van der Waals surface area (Å²) in [7, 11) is 0. The first kappa shape index (κ1) is 20.1. The number of aromatic nitrogens is 6. The Hall–Kier alpha value is -4.56. The Labute approximate surface area is 198 Å². The molecule has 0 aliphatic carbocycles. The maximum Gasteiger partial charge on any atom is 0.178 e. The van der Waals surface area contributed by atoms with Crippen molar-refractivity contribution in [1.29, 1.82) is 0 Å². The number of hydrogen-bond acceptors (Lipinski definition) is 8. The van der Waals surface area contributed by atoms with Crippen molar-refractivity contribution in [2.24, 2.45) is 0 Å². The molecule has 0 N–H and O–H groups in total. The fourth-order valence-electron chi connectivity index (χ4n) is 3.86. The smallest absolute Gasteiger partial charge is 0.178 e. The second kappa shape index (κ2) is 8.76. The van der Waals surface area contributed by atoms with Gasteiger partial charge < -0.3 is 4.42 Å². The molecule has 0 amide bonds. The van der Waals surface area contributed by atoms with Gasteiger partial charge in [-0.25, -0.2) is 15.0 Å². The molecule has 0 saturated heterocycles. The van der Waals surface area contributed by atoms with Gasteiger partial charge in [-0.2, -0.15) is 0 Å². The monoisotopic (exact) mass is 460 g/mol. The van der Waals surface area contributed by atoms with Crippen molar-refractivity contribution in [3.05, 3.63) is 97.4 Å². The van der Waals surface area contributed by atoms with E-state index in [1.807, 2.05) is 41.8 Å². The van der Waals surface area contributed by atoms with Crippen LogP contribution in [0.3, 0.4) is 0 Å². The highest BCUT2D eigenvalue weighted by Crippen LogP contribution is 2.48. The number of thiophene rings is 1. The molecule has 0 aliphatic heterocycles. The standard InChI is InChI=1S/C26H16N6OS/c1-2-9-28-17(6-1)24-21(18-16-27-12-13-29-18)22(19-7-3-14-33-19)23(20-8-4-15-34-20)25(32-24)26-30-10-5-11-31-26/h1-16H. The molecule has 7 nitrogen and oxygen atoms in total. The molecule has 0 saturated carbocycles. The van der Waals surface area contributed by atoms with Crippen LogP contribution in [0.2, 0.25) is 0 Å². The minimum Gasteiger partial charge on any atom is -0.464 e. The lowest BCUT2D eigenvalue weighted by atomic mass is 9.91. The van der Waals surface area contributed by atoms with Crippen LogP contribution in [0.5, 0.6) is 0 Å². The highest BCUT2D eigenvalue weighted by molar-refractivity contribution is 7.13. The van der Waals surface area contributed by atoms with Crippen LogP contribution >= 0.6 is 11.3 Å². The second-order valence-corrected chi connectivity index (χ2v) is 8.21. The molecule has 0 spiro atoms. The topological polar surface area (TPSA) is 90.5 Å². The molecule has 0 atom stereocenters. The van der Waals surface area contributed by atoms with E-state index >= 15 is 0 Å². The molecular weight excluding hydrogens is 444 g/mol. The summed E-state index contributed by atoms with van der Waals surface area (Å²) >= 11 is 1.61. The summed E-state index contributed by atoms with van der Waals surface area (Å²) in [5, 5.41) is 2.03. The zero-order chi connectivity index (χ0) is 22.7. The Balaban J connectivity index is 1.83. The molecule has 0 radical (unpaired) electrons. The van der Waals surface area contributed by atoms with Crippen molar-refractivity contribution in [3.8, 4) is 55.9 Å². The molecule has 0 aromatic carbocycles. The van der Waals surface area contributed by atoms with E-state index in [2.05, 4.69) is 31.0 Å². The highest BCUT2D eigenvalue weighted by Gasteiger charge is 2.28. The minimum atomic E-state index is 0.515. The van der Waals surface area contributed by atoms with Crippen LogP contribution in [0.1, 0.15) is 0 Å². The van der Waals surface area contributed by atoms with Crippen LogP contribution in [-0.4, -0.2) is 29.9 Å². The summed E-state index contributed by atoms with van der Waals surface area (Å²) in [4.78, 5) is 28.8. The maximum atomic E-state index is 5.97. The van der Waals surface area contributed by atoms with E-state index in [0.717, 1.165) is 21.6 Å². The number of furan rings is 1. The summed E-state index contributed by atoms with van der Waals surface area (Å²) in [5.74, 6) is 1.20. The molecule has 34 heavy (non-hydrogen) atoms. The summed E-state index contributed by atoms with van der Waals surface area (Å²) in [5.41, 5.74) is 5.15. The van der Waals surface area contributed by atoms with Gasteiger partial charge in [0.25, 0.3) is 0 Å². The summed E-state index contributed by atoms with van der Waals surface area (Å²) < 4.78 is 5.97. The SMILES string of the molecule is c1ccc(-c2nc(-c3ncccn3)c(-c3cccs3)c(-c3ccco3)c2-c2cnccn2)nc1. The van der Waals surface area contributed by atoms with Gasteiger partial charge in [0, 0.05) is 52.6 Å². The molecule has 0 aliphatic rings. The van der Waals surface area contributed by atoms with E-state index in [4.69, 9.17) is 9.40 Å². The Morgan fingerprint density at radius 2 is 1.53 bits per heavy atom. The molecule has 6 aromatic rings. The summed E-state index contributed by atoms with van der Waals surface area (Å²) in [6.45, 7) is 0. The third-order valence-corrected chi connectivity index (χ3v) is 6.12. The van der Waals surface area contributed by atoms with Gasteiger partial charge in [0.15, 0.2) is 5.82 Å². The Bertz CT molecular complexity index is 1520. The average molecular weight is 461 g/mol. The van der Waals surface area contributed by atoms with Crippen molar-refractivity contribution in [3.63, 3.8) is 0 Å². The zero-order valence-electron chi connectivity index (χ0n) is 17.7. The van der Waals surface area contributed by atoms with Gasteiger partial charge in [-0.15, -0.1) is 11.3 Å². The van der Waals surface area contributed by atoms with E-state index < -0.39 is 0 Å². The third kappa shape index (κ3) is 3.56. The van der Waals surface area contributed by atoms with Crippen LogP contribution in [0.15, 0.2) is 102 Å². The van der Waals surface area contributed by atoms with E-state index in [0.29, 0.717) is 34.4 Å². The van der Waals surface area contributed by atoms with Crippen molar-refractivity contribution in [1.82, 2.24) is 29.9 Å². The van der Waals surface area contributed by atoms with Crippen molar-refractivity contribution in [2.75, 3.05) is 0 Å². The maximum absolute atomic E-state index is 5.97. The Kier molecular flexibility index (Phi) is 5.17. The number of pyridine rings is 2. The van der Waals surface area contributed by atoms with E-state index in [-0.39, 0.29) is 0 Å². The van der Waals surface area contributed by atoms with Crippen LogP contribution in [-0.2, 0) is 0 Å². The van der Waals surface area contributed by atoms with E-state index in [1.165, 1.54) is 0 Å². The van der Waals surface area contributed by atoms with Gasteiger partial charge in [-0.3, -0.25) is 15.0 Å². The zero-order valence-corrected chi connectivity index (χ0v) is 18.6. The Morgan fingerprint density at radius 1 is 0.647 bits per heavy atom. The molecule has 0 fully saturated rings. The van der Waals surface area contributed by atoms with Gasteiger partial charge >= 0.3 is 0 Å². The molecule has 6 rings (SSSR count). The number of hydrogen-bond donors (Lipinski definition) is 0. The average Bonchev–Trinajstić information content (AvgIpc) is 3.64. The van der Waals surface area contributed by atoms with E-state index in [1.54, 1.807) is 60.8 Å². The molecular formula is C26H16N6OS. The second-order valence-electron chi connectivity index (χ2n) is 7.27. The van der Waals surface area contributed by atoms with E-state index in [9.17, 15) is 0 Å². The summed E-state index contributed by atoms with van der Waals surface area (Å²) in [6, 6.07) is 15.4. The predicted octanol–water partition coefficient (Wildman–Crippen LogP) is 6.05. The minimum absolute atomic E-state index is 0.515. The van der Waals surface area contributed by atoms with Crippen LogP contribution in [0.4, 0.5) is 0 Å². The predicted molar refractivity (Wildman–Crippen MR) is 131 cm³/mol. The lowest BCUT2D eigenvalue weighted by molar-refractivity contribution is 0.582. The molecule has 162 valence electrons. The van der Waals surface area contributed by atoms with Crippen molar-refractivity contribution < 1.29 is 4.42 Å². The van der Waals surface area contributed by atoms with Gasteiger partial charge in [-0.1, -0.05) is 12.1 Å². The Morgan fingerprint density at radius 3 is 2.24 bits per heavy atom. The first-order valence-electron chi connectivity index (χ1n) is 10.5. The summed E-state index contributed by atoms with van der Waals surface area (Å²) in [6.07, 6.45) is 11.9. The number of nitrogens with zero attached hydrogens (tertiary/aromatic N) is 6. The molecule has 0 unspecified atom stereocenters. The molecule has 8 heteroatoms. The van der Waals surface area contributed by atoms with Gasteiger partial charge in [0.1, 0.15) is 11.5 Å². The molecule has 6 aromatic heterocycles. The largest absolute Gasteiger partial charge is 0.464 e. The van der Waals surface area contributed by atoms with Crippen LogP contribution in [0, 0.1) is 0 Å².